The summed E-state index contributed by atoms with van der Waals surface area (Å²) >= 11 is 6.03. The number of pyridine rings is 1. The molecule has 0 radical (unpaired) electrons. The standard InChI is InChI=1S/C15H17ClN2O/c1-9(2)11-3-4-14(18-7-10(19)8-18)13-6-17-15(16)5-12(11)13/h3-6,9-10,19H,7-8H2,1-2H3. The molecule has 4 heteroatoms. The lowest BCUT2D eigenvalue weighted by Crippen LogP contribution is -2.50. The molecule has 1 aliphatic rings. The normalized spacial score (nSPS) is 16.2. The van der Waals surface area contributed by atoms with Crippen LogP contribution in [0.4, 0.5) is 5.69 Å². The van der Waals surface area contributed by atoms with Crippen molar-refractivity contribution in [3.8, 4) is 0 Å². The molecule has 0 atom stereocenters. The summed E-state index contributed by atoms with van der Waals surface area (Å²) in [4.78, 5) is 6.38. The maximum Gasteiger partial charge on any atom is 0.129 e. The highest BCUT2D eigenvalue weighted by Gasteiger charge is 2.26. The summed E-state index contributed by atoms with van der Waals surface area (Å²) in [6.45, 7) is 5.74. The van der Waals surface area contributed by atoms with E-state index in [0.29, 0.717) is 24.2 Å². The van der Waals surface area contributed by atoms with E-state index >= 15 is 0 Å². The number of β-amino-alcohol motifs (C(OH)–C–C–N with tert-alkyl or cyclic N) is 1. The molecule has 100 valence electrons. The molecule has 1 N–H and O–H groups in total. The molecule has 0 aliphatic carbocycles. The molecule has 1 aromatic carbocycles. The third kappa shape index (κ3) is 2.17. The van der Waals surface area contributed by atoms with Crippen LogP contribution >= 0.6 is 11.6 Å². The lowest BCUT2D eigenvalue weighted by molar-refractivity contribution is 0.142. The zero-order chi connectivity index (χ0) is 13.6. The average Bonchev–Trinajstić information content (AvgIpc) is 2.33. The molecule has 0 amide bonds. The van der Waals surface area contributed by atoms with Crippen molar-refractivity contribution in [1.82, 2.24) is 4.98 Å². The number of aliphatic hydroxyl groups is 1. The lowest BCUT2D eigenvalue weighted by atomic mass is 9.95. The van der Waals surface area contributed by atoms with E-state index in [-0.39, 0.29) is 6.10 Å². The minimum absolute atomic E-state index is 0.208. The van der Waals surface area contributed by atoms with Crippen molar-refractivity contribution < 1.29 is 5.11 Å². The smallest absolute Gasteiger partial charge is 0.129 e. The highest BCUT2D eigenvalue weighted by atomic mass is 35.5. The van der Waals surface area contributed by atoms with Gasteiger partial charge < -0.3 is 10.0 Å². The first kappa shape index (κ1) is 12.7. The molecule has 2 heterocycles. The van der Waals surface area contributed by atoms with E-state index < -0.39 is 0 Å². The minimum atomic E-state index is -0.208. The number of benzene rings is 1. The van der Waals surface area contributed by atoms with Gasteiger partial charge >= 0.3 is 0 Å². The fourth-order valence-electron chi connectivity index (χ4n) is 2.65. The van der Waals surface area contributed by atoms with Gasteiger partial charge in [-0.1, -0.05) is 31.5 Å². The third-order valence-electron chi connectivity index (χ3n) is 3.70. The van der Waals surface area contributed by atoms with Gasteiger partial charge in [0.25, 0.3) is 0 Å². The Morgan fingerprint density at radius 2 is 2.05 bits per heavy atom. The molecule has 0 unspecified atom stereocenters. The van der Waals surface area contributed by atoms with Gasteiger partial charge in [-0.05, 0) is 29.0 Å². The number of aromatic nitrogens is 1. The van der Waals surface area contributed by atoms with Crippen LogP contribution in [-0.2, 0) is 0 Å². The molecule has 3 nitrogen and oxygen atoms in total. The van der Waals surface area contributed by atoms with Gasteiger partial charge in [0.05, 0.1) is 6.10 Å². The first-order valence-electron chi connectivity index (χ1n) is 6.57. The van der Waals surface area contributed by atoms with Crippen LogP contribution in [-0.4, -0.2) is 29.3 Å². The molecule has 1 aromatic heterocycles. The average molecular weight is 277 g/mol. The number of halogens is 1. The molecule has 19 heavy (non-hydrogen) atoms. The van der Waals surface area contributed by atoms with Crippen LogP contribution in [0.25, 0.3) is 10.8 Å². The zero-order valence-corrected chi connectivity index (χ0v) is 11.9. The molecule has 0 bridgehead atoms. The Morgan fingerprint density at radius 1 is 1.32 bits per heavy atom. The van der Waals surface area contributed by atoms with Crippen molar-refractivity contribution in [3.05, 3.63) is 35.1 Å². The summed E-state index contributed by atoms with van der Waals surface area (Å²) in [7, 11) is 0. The topological polar surface area (TPSA) is 36.4 Å². The van der Waals surface area contributed by atoms with E-state index in [9.17, 15) is 5.11 Å². The summed E-state index contributed by atoms with van der Waals surface area (Å²) in [6, 6.07) is 6.22. The van der Waals surface area contributed by atoms with Crippen LogP contribution < -0.4 is 4.90 Å². The summed E-state index contributed by atoms with van der Waals surface area (Å²) in [5.74, 6) is 0.442. The molecular formula is C15H17ClN2O. The number of fused-ring (bicyclic) bond motifs is 1. The van der Waals surface area contributed by atoms with Gasteiger partial charge in [-0.2, -0.15) is 0 Å². The lowest BCUT2D eigenvalue weighted by Gasteiger charge is -2.38. The van der Waals surface area contributed by atoms with Gasteiger partial charge in [0, 0.05) is 30.4 Å². The Kier molecular flexibility index (Phi) is 3.11. The number of aliphatic hydroxyl groups excluding tert-OH is 1. The van der Waals surface area contributed by atoms with Crippen molar-refractivity contribution in [1.29, 1.82) is 0 Å². The van der Waals surface area contributed by atoms with E-state index in [1.54, 1.807) is 0 Å². The van der Waals surface area contributed by atoms with Crippen molar-refractivity contribution in [2.75, 3.05) is 18.0 Å². The third-order valence-corrected chi connectivity index (χ3v) is 3.91. The second-order valence-electron chi connectivity index (χ2n) is 5.44. The highest BCUT2D eigenvalue weighted by molar-refractivity contribution is 6.30. The van der Waals surface area contributed by atoms with E-state index in [0.717, 1.165) is 16.5 Å². The number of rotatable bonds is 2. The first-order chi connectivity index (χ1) is 9.06. The molecule has 3 rings (SSSR count). The fourth-order valence-corrected chi connectivity index (χ4v) is 2.81. The first-order valence-corrected chi connectivity index (χ1v) is 6.95. The molecule has 1 saturated heterocycles. The Morgan fingerprint density at radius 3 is 2.68 bits per heavy atom. The largest absolute Gasteiger partial charge is 0.389 e. The summed E-state index contributed by atoms with van der Waals surface area (Å²) < 4.78 is 0. The minimum Gasteiger partial charge on any atom is -0.389 e. The highest BCUT2D eigenvalue weighted by Crippen LogP contribution is 2.35. The zero-order valence-electron chi connectivity index (χ0n) is 11.1. The molecular weight excluding hydrogens is 260 g/mol. The van der Waals surface area contributed by atoms with E-state index in [4.69, 9.17) is 11.6 Å². The Bertz CT molecular complexity index is 621. The van der Waals surface area contributed by atoms with Gasteiger partial charge in [0.15, 0.2) is 0 Å². The van der Waals surface area contributed by atoms with E-state index in [1.807, 2.05) is 12.3 Å². The van der Waals surface area contributed by atoms with Crippen molar-refractivity contribution in [3.63, 3.8) is 0 Å². The van der Waals surface area contributed by atoms with Gasteiger partial charge in [0.1, 0.15) is 5.15 Å². The number of nitrogens with zero attached hydrogens (tertiary/aromatic N) is 2. The van der Waals surface area contributed by atoms with Gasteiger partial charge in [0.2, 0.25) is 0 Å². The van der Waals surface area contributed by atoms with Crippen molar-refractivity contribution >= 4 is 28.1 Å². The second kappa shape index (κ2) is 4.66. The van der Waals surface area contributed by atoms with Gasteiger partial charge in [-0.3, -0.25) is 0 Å². The summed E-state index contributed by atoms with van der Waals surface area (Å²) in [5, 5.41) is 12.3. The summed E-state index contributed by atoms with van der Waals surface area (Å²) in [6.07, 6.45) is 1.63. The summed E-state index contributed by atoms with van der Waals surface area (Å²) in [5.41, 5.74) is 2.41. The Balaban J connectivity index is 2.17. The maximum absolute atomic E-state index is 9.46. The quantitative estimate of drug-likeness (QED) is 0.856. The number of anilines is 1. The van der Waals surface area contributed by atoms with Crippen molar-refractivity contribution in [2.24, 2.45) is 0 Å². The van der Waals surface area contributed by atoms with Crippen molar-refractivity contribution in [2.45, 2.75) is 25.9 Å². The van der Waals surface area contributed by atoms with Gasteiger partial charge in [-0.15, -0.1) is 0 Å². The molecule has 1 fully saturated rings. The van der Waals surface area contributed by atoms with Crippen LogP contribution in [0.3, 0.4) is 0 Å². The predicted octanol–water partition coefficient (Wildman–Crippen LogP) is 3.19. The molecule has 1 aliphatic heterocycles. The maximum atomic E-state index is 9.46. The monoisotopic (exact) mass is 276 g/mol. The predicted molar refractivity (Wildman–Crippen MR) is 79.1 cm³/mol. The van der Waals surface area contributed by atoms with E-state index in [1.165, 1.54) is 5.56 Å². The Labute approximate surface area is 117 Å². The van der Waals surface area contributed by atoms with Crippen LogP contribution in [0.1, 0.15) is 25.3 Å². The van der Waals surface area contributed by atoms with Crippen LogP contribution in [0.15, 0.2) is 24.4 Å². The van der Waals surface area contributed by atoms with Crippen LogP contribution in [0.2, 0.25) is 5.15 Å². The van der Waals surface area contributed by atoms with Crippen LogP contribution in [0.5, 0.6) is 0 Å². The van der Waals surface area contributed by atoms with E-state index in [2.05, 4.69) is 35.9 Å². The molecule has 2 aromatic rings. The molecule has 0 spiro atoms. The second-order valence-corrected chi connectivity index (χ2v) is 5.83. The SMILES string of the molecule is CC(C)c1ccc(N2CC(O)C2)c2cnc(Cl)cc12. The number of hydrogen-bond acceptors (Lipinski definition) is 3. The fraction of sp³-hybridized carbons (Fsp3) is 0.400. The number of hydrogen-bond donors (Lipinski definition) is 1. The van der Waals surface area contributed by atoms with Crippen LogP contribution in [0, 0.1) is 0 Å². The van der Waals surface area contributed by atoms with Gasteiger partial charge in [-0.25, -0.2) is 4.98 Å². The molecule has 0 saturated carbocycles. The Hall–Kier alpha value is -1.32.